The van der Waals surface area contributed by atoms with E-state index in [1.807, 2.05) is 50.4 Å². The third kappa shape index (κ3) is 4.55. The predicted molar refractivity (Wildman–Crippen MR) is 92.1 cm³/mol. The van der Waals surface area contributed by atoms with Gasteiger partial charge >= 0.3 is 0 Å². The van der Waals surface area contributed by atoms with Crippen LogP contribution in [0, 0.1) is 5.82 Å². The van der Waals surface area contributed by atoms with Crippen LogP contribution in [0.2, 0.25) is 0 Å². The third-order valence-corrected chi connectivity index (χ3v) is 4.18. The number of nitrogens with one attached hydrogen (secondary N) is 1. The van der Waals surface area contributed by atoms with Gasteiger partial charge in [0.05, 0.1) is 6.61 Å². The van der Waals surface area contributed by atoms with E-state index < -0.39 is 0 Å². The van der Waals surface area contributed by atoms with Crippen molar-refractivity contribution in [3.63, 3.8) is 0 Å². The van der Waals surface area contributed by atoms with Gasteiger partial charge in [0.15, 0.2) is 0 Å². The van der Waals surface area contributed by atoms with E-state index in [1.54, 1.807) is 0 Å². The molecule has 0 radical (unpaired) electrons. The molecule has 2 aromatic rings. The van der Waals surface area contributed by atoms with Crippen molar-refractivity contribution in [3.05, 3.63) is 63.9 Å². The fraction of sp³-hybridized carbons (Fsp3) is 0.333. The largest absolute Gasteiger partial charge is 0.493 e. The van der Waals surface area contributed by atoms with Gasteiger partial charge in [-0.3, -0.25) is 0 Å². The molecule has 4 heteroatoms. The van der Waals surface area contributed by atoms with Gasteiger partial charge in [-0.2, -0.15) is 0 Å². The van der Waals surface area contributed by atoms with Crippen LogP contribution in [0.15, 0.2) is 46.9 Å². The van der Waals surface area contributed by atoms with Crippen molar-refractivity contribution >= 4 is 15.9 Å². The van der Waals surface area contributed by atoms with Gasteiger partial charge in [0.2, 0.25) is 0 Å². The first kappa shape index (κ1) is 17.0. The van der Waals surface area contributed by atoms with Gasteiger partial charge in [-0.25, -0.2) is 4.39 Å². The van der Waals surface area contributed by atoms with Crippen molar-refractivity contribution in [2.24, 2.45) is 0 Å². The lowest BCUT2D eigenvalue weighted by Crippen LogP contribution is -2.11. The lowest BCUT2D eigenvalue weighted by molar-refractivity contribution is 0.308. The number of ether oxygens (including phenoxy) is 1. The van der Waals surface area contributed by atoms with Gasteiger partial charge in [-0.15, -0.1) is 0 Å². The SMILES string of the molecule is CNCCCOc1ccc(C(C)c2ccc(Br)cc2)c(F)c1. The second-order valence-corrected chi connectivity index (χ2v) is 6.18. The molecule has 0 aliphatic carbocycles. The molecular formula is C18H21BrFNO. The monoisotopic (exact) mass is 365 g/mol. The minimum atomic E-state index is -0.221. The van der Waals surface area contributed by atoms with E-state index in [1.165, 1.54) is 6.07 Å². The maximum Gasteiger partial charge on any atom is 0.130 e. The van der Waals surface area contributed by atoms with Crippen molar-refractivity contribution in [2.75, 3.05) is 20.2 Å². The average Bonchev–Trinajstić information content (AvgIpc) is 2.52. The highest BCUT2D eigenvalue weighted by Crippen LogP contribution is 2.29. The van der Waals surface area contributed by atoms with Crippen LogP contribution in [0.5, 0.6) is 5.75 Å². The van der Waals surface area contributed by atoms with E-state index in [-0.39, 0.29) is 11.7 Å². The fourth-order valence-electron chi connectivity index (χ4n) is 2.32. The molecule has 0 aromatic heterocycles. The van der Waals surface area contributed by atoms with Crippen molar-refractivity contribution in [1.29, 1.82) is 0 Å². The highest BCUT2D eigenvalue weighted by atomic mass is 79.9. The molecule has 0 saturated carbocycles. The highest BCUT2D eigenvalue weighted by Gasteiger charge is 2.14. The zero-order valence-corrected chi connectivity index (χ0v) is 14.5. The summed E-state index contributed by atoms with van der Waals surface area (Å²) in [5.74, 6) is 0.369. The lowest BCUT2D eigenvalue weighted by atomic mass is 9.93. The van der Waals surface area contributed by atoms with Gasteiger partial charge in [-0.1, -0.05) is 41.1 Å². The standard InChI is InChI=1S/C18H21BrFNO/c1-13(14-4-6-15(19)7-5-14)17-9-8-16(12-18(17)20)22-11-3-10-21-2/h4-9,12-13,21H,3,10-11H2,1-2H3. The molecule has 0 saturated heterocycles. The van der Waals surface area contributed by atoms with E-state index in [0.717, 1.165) is 23.0 Å². The quantitative estimate of drug-likeness (QED) is 0.716. The second-order valence-electron chi connectivity index (χ2n) is 5.26. The van der Waals surface area contributed by atoms with Crippen LogP contribution >= 0.6 is 15.9 Å². The molecule has 118 valence electrons. The molecule has 0 fully saturated rings. The summed E-state index contributed by atoms with van der Waals surface area (Å²) < 4.78 is 20.9. The summed E-state index contributed by atoms with van der Waals surface area (Å²) in [6.07, 6.45) is 0.898. The van der Waals surface area contributed by atoms with E-state index in [9.17, 15) is 4.39 Å². The van der Waals surface area contributed by atoms with Gasteiger partial charge in [-0.05, 0) is 49.3 Å². The molecule has 22 heavy (non-hydrogen) atoms. The number of halogens is 2. The summed E-state index contributed by atoms with van der Waals surface area (Å²) in [7, 11) is 1.90. The van der Waals surface area contributed by atoms with Crippen LogP contribution < -0.4 is 10.1 Å². The number of hydrogen-bond donors (Lipinski definition) is 1. The Labute approximate surface area is 139 Å². The minimum absolute atomic E-state index is 0.00596. The Morgan fingerprint density at radius 1 is 1.18 bits per heavy atom. The van der Waals surface area contributed by atoms with Gasteiger partial charge in [0.25, 0.3) is 0 Å². The molecule has 1 N–H and O–H groups in total. The topological polar surface area (TPSA) is 21.3 Å². The second kappa shape index (κ2) is 8.30. The molecule has 0 amide bonds. The van der Waals surface area contributed by atoms with E-state index in [0.29, 0.717) is 17.9 Å². The molecule has 0 heterocycles. The Kier molecular flexibility index (Phi) is 6.40. The minimum Gasteiger partial charge on any atom is -0.493 e. The molecule has 0 aliphatic heterocycles. The fourth-order valence-corrected chi connectivity index (χ4v) is 2.58. The van der Waals surface area contributed by atoms with Gasteiger partial charge in [0, 0.05) is 16.5 Å². The Balaban J connectivity index is 2.07. The summed E-state index contributed by atoms with van der Waals surface area (Å²) in [5, 5.41) is 3.05. The average molecular weight is 366 g/mol. The van der Waals surface area contributed by atoms with Crippen molar-refractivity contribution < 1.29 is 9.13 Å². The molecular weight excluding hydrogens is 345 g/mol. The molecule has 1 atom stereocenters. The molecule has 2 aromatic carbocycles. The Morgan fingerprint density at radius 3 is 2.55 bits per heavy atom. The number of benzene rings is 2. The molecule has 2 rings (SSSR count). The summed E-state index contributed by atoms with van der Waals surface area (Å²) in [6, 6.07) is 13.1. The maximum absolute atomic E-state index is 14.3. The Bertz CT molecular complexity index is 601. The summed E-state index contributed by atoms with van der Waals surface area (Å²) >= 11 is 3.41. The van der Waals surface area contributed by atoms with Crippen LogP contribution in [0.3, 0.4) is 0 Å². The first-order chi connectivity index (χ1) is 10.6. The predicted octanol–water partition coefficient (Wildman–Crippen LogP) is 4.73. The number of rotatable bonds is 7. The van der Waals surface area contributed by atoms with Gasteiger partial charge < -0.3 is 10.1 Å². The zero-order valence-electron chi connectivity index (χ0n) is 12.9. The van der Waals surface area contributed by atoms with Crippen LogP contribution in [-0.2, 0) is 0 Å². The van der Waals surface area contributed by atoms with Crippen LogP contribution in [0.25, 0.3) is 0 Å². The lowest BCUT2D eigenvalue weighted by Gasteiger charge is -2.15. The van der Waals surface area contributed by atoms with Crippen LogP contribution in [0.4, 0.5) is 4.39 Å². The van der Waals surface area contributed by atoms with Crippen molar-refractivity contribution in [2.45, 2.75) is 19.3 Å². The van der Waals surface area contributed by atoms with Crippen molar-refractivity contribution in [1.82, 2.24) is 5.32 Å². The van der Waals surface area contributed by atoms with E-state index >= 15 is 0 Å². The third-order valence-electron chi connectivity index (χ3n) is 3.65. The Morgan fingerprint density at radius 2 is 1.91 bits per heavy atom. The summed E-state index contributed by atoms with van der Waals surface area (Å²) in [5.41, 5.74) is 1.77. The van der Waals surface area contributed by atoms with Crippen LogP contribution in [-0.4, -0.2) is 20.2 Å². The van der Waals surface area contributed by atoms with Gasteiger partial charge in [0.1, 0.15) is 11.6 Å². The van der Waals surface area contributed by atoms with E-state index in [4.69, 9.17) is 4.74 Å². The van der Waals surface area contributed by atoms with Crippen molar-refractivity contribution in [3.8, 4) is 5.75 Å². The first-order valence-electron chi connectivity index (χ1n) is 7.44. The maximum atomic E-state index is 14.3. The normalized spacial score (nSPS) is 12.2. The molecule has 2 nitrogen and oxygen atoms in total. The zero-order chi connectivity index (χ0) is 15.9. The highest BCUT2D eigenvalue weighted by molar-refractivity contribution is 9.10. The summed E-state index contributed by atoms with van der Waals surface area (Å²) in [4.78, 5) is 0. The van der Waals surface area contributed by atoms with E-state index in [2.05, 4.69) is 21.2 Å². The first-order valence-corrected chi connectivity index (χ1v) is 8.23. The molecule has 0 bridgehead atoms. The summed E-state index contributed by atoms with van der Waals surface area (Å²) in [6.45, 7) is 3.48. The number of hydrogen-bond acceptors (Lipinski definition) is 2. The molecule has 0 aliphatic rings. The Hall–Kier alpha value is -1.39. The molecule has 1 unspecified atom stereocenters. The molecule has 0 spiro atoms. The van der Waals surface area contributed by atoms with Crippen LogP contribution in [0.1, 0.15) is 30.4 Å². The smallest absolute Gasteiger partial charge is 0.130 e.